The van der Waals surface area contributed by atoms with Crippen LogP contribution in [-0.4, -0.2) is 32.8 Å². The lowest BCUT2D eigenvalue weighted by molar-refractivity contribution is -0.128. The summed E-state index contributed by atoms with van der Waals surface area (Å²) in [6.07, 6.45) is 1.42. The molecule has 1 atom stereocenters. The van der Waals surface area contributed by atoms with Gasteiger partial charge < -0.3 is 15.1 Å². The van der Waals surface area contributed by atoms with Gasteiger partial charge in [-0.05, 0) is 56.2 Å². The number of sulfonamides is 1. The lowest BCUT2D eigenvalue weighted by Crippen LogP contribution is -2.45. The second kappa shape index (κ2) is 9.52. The van der Waals surface area contributed by atoms with Crippen LogP contribution < -0.4 is 15.4 Å². The van der Waals surface area contributed by atoms with Crippen molar-refractivity contribution in [3.63, 3.8) is 0 Å². The van der Waals surface area contributed by atoms with Gasteiger partial charge in [-0.3, -0.25) is 9.59 Å². The van der Waals surface area contributed by atoms with Crippen LogP contribution in [-0.2, 0) is 26.2 Å². The Labute approximate surface area is 164 Å². The SMILES string of the molecule is Cc1ccc(S(=O)(=O)NCCC(=O)NC(C)C(=O)NCc2ccco2)cc1C. The molecule has 28 heavy (non-hydrogen) atoms. The predicted molar refractivity (Wildman–Crippen MR) is 104 cm³/mol. The third-order valence-electron chi connectivity index (χ3n) is 4.22. The maximum Gasteiger partial charge on any atom is 0.242 e. The van der Waals surface area contributed by atoms with Crippen molar-refractivity contribution in [2.45, 2.75) is 44.7 Å². The molecule has 1 heterocycles. The fraction of sp³-hybridized carbons (Fsp3) is 0.368. The number of carbonyl (C=O) groups is 2. The summed E-state index contributed by atoms with van der Waals surface area (Å²) in [4.78, 5) is 24.1. The standard InChI is InChI=1S/C19H25N3O5S/c1-13-6-7-17(11-14(13)2)28(25,26)21-9-8-18(23)22-15(3)19(24)20-12-16-5-4-10-27-16/h4-7,10-11,15,21H,8-9,12H2,1-3H3,(H,20,24)(H,22,23). The van der Waals surface area contributed by atoms with E-state index in [4.69, 9.17) is 4.42 Å². The second-order valence-electron chi connectivity index (χ2n) is 6.48. The van der Waals surface area contributed by atoms with Gasteiger partial charge in [-0.15, -0.1) is 0 Å². The second-order valence-corrected chi connectivity index (χ2v) is 8.25. The summed E-state index contributed by atoms with van der Waals surface area (Å²) in [5.74, 6) is -0.184. The first-order valence-corrected chi connectivity index (χ1v) is 10.3. The van der Waals surface area contributed by atoms with E-state index >= 15 is 0 Å². The molecular formula is C19H25N3O5S. The van der Waals surface area contributed by atoms with Gasteiger partial charge in [0, 0.05) is 13.0 Å². The first-order valence-electron chi connectivity index (χ1n) is 8.85. The molecule has 0 spiro atoms. The van der Waals surface area contributed by atoms with Crippen LogP contribution in [0, 0.1) is 13.8 Å². The van der Waals surface area contributed by atoms with Crippen molar-refractivity contribution in [2.75, 3.05) is 6.54 Å². The average molecular weight is 407 g/mol. The van der Waals surface area contributed by atoms with Gasteiger partial charge in [0.2, 0.25) is 21.8 Å². The molecule has 0 aliphatic heterocycles. The molecule has 8 nitrogen and oxygen atoms in total. The highest BCUT2D eigenvalue weighted by Gasteiger charge is 2.18. The molecule has 9 heteroatoms. The molecule has 1 aromatic heterocycles. The maximum absolute atomic E-state index is 12.3. The minimum Gasteiger partial charge on any atom is -0.467 e. The zero-order chi connectivity index (χ0) is 20.7. The summed E-state index contributed by atoms with van der Waals surface area (Å²) in [5, 5.41) is 5.18. The summed E-state index contributed by atoms with van der Waals surface area (Å²) in [6.45, 7) is 5.44. The predicted octanol–water partition coefficient (Wildman–Crippen LogP) is 1.39. The topological polar surface area (TPSA) is 118 Å². The Kier molecular flexibility index (Phi) is 7.36. The van der Waals surface area contributed by atoms with Crippen LogP contribution in [0.3, 0.4) is 0 Å². The van der Waals surface area contributed by atoms with Crippen molar-refractivity contribution in [2.24, 2.45) is 0 Å². The lowest BCUT2D eigenvalue weighted by atomic mass is 10.1. The van der Waals surface area contributed by atoms with Crippen LogP contribution in [0.25, 0.3) is 0 Å². The molecule has 1 unspecified atom stereocenters. The number of furan rings is 1. The van der Waals surface area contributed by atoms with Crippen molar-refractivity contribution >= 4 is 21.8 Å². The molecule has 3 N–H and O–H groups in total. The van der Waals surface area contributed by atoms with Gasteiger partial charge in [0.15, 0.2) is 0 Å². The van der Waals surface area contributed by atoms with Gasteiger partial charge in [0.25, 0.3) is 0 Å². The van der Waals surface area contributed by atoms with E-state index in [0.29, 0.717) is 5.76 Å². The molecule has 0 radical (unpaired) electrons. The molecule has 2 amide bonds. The minimum atomic E-state index is -3.69. The summed E-state index contributed by atoms with van der Waals surface area (Å²) in [7, 11) is -3.69. The number of hydrogen-bond donors (Lipinski definition) is 3. The van der Waals surface area contributed by atoms with Gasteiger partial charge in [-0.1, -0.05) is 6.07 Å². The van der Waals surface area contributed by atoms with Crippen LogP contribution >= 0.6 is 0 Å². The first kappa shape index (κ1) is 21.6. The highest BCUT2D eigenvalue weighted by molar-refractivity contribution is 7.89. The fourth-order valence-corrected chi connectivity index (χ4v) is 3.50. The first-order chi connectivity index (χ1) is 13.2. The molecule has 2 rings (SSSR count). The third kappa shape index (κ3) is 6.21. The molecule has 0 aliphatic carbocycles. The monoisotopic (exact) mass is 407 g/mol. The zero-order valence-corrected chi connectivity index (χ0v) is 16.9. The molecule has 152 valence electrons. The van der Waals surface area contributed by atoms with Gasteiger partial charge >= 0.3 is 0 Å². The highest BCUT2D eigenvalue weighted by Crippen LogP contribution is 2.14. The van der Waals surface area contributed by atoms with Crippen LogP contribution in [0.15, 0.2) is 45.9 Å². The normalized spacial score (nSPS) is 12.4. The van der Waals surface area contributed by atoms with Crippen molar-refractivity contribution in [3.05, 3.63) is 53.5 Å². The zero-order valence-electron chi connectivity index (χ0n) is 16.1. The Morgan fingerprint density at radius 2 is 1.89 bits per heavy atom. The van der Waals surface area contributed by atoms with Gasteiger partial charge in [0.1, 0.15) is 11.8 Å². The van der Waals surface area contributed by atoms with E-state index in [0.717, 1.165) is 11.1 Å². The molecular weight excluding hydrogens is 382 g/mol. The van der Waals surface area contributed by atoms with E-state index in [9.17, 15) is 18.0 Å². The highest BCUT2D eigenvalue weighted by atomic mass is 32.2. The van der Waals surface area contributed by atoms with E-state index in [1.165, 1.54) is 12.3 Å². The number of nitrogens with one attached hydrogen (secondary N) is 3. The number of aryl methyl sites for hydroxylation is 2. The molecule has 0 aliphatic rings. The molecule has 0 bridgehead atoms. The number of hydrogen-bond acceptors (Lipinski definition) is 5. The summed E-state index contributed by atoms with van der Waals surface area (Å²) in [6, 6.07) is 7.54. The van der Waals surface area contributed by atoms with E-state index in [1.807, 2.05) is 13.8 Å². The number of amides is 2. The smallest absolute Gasteiger partial charge is 0.242 e. The van der Waals surface area contributed by atoms with Crippen LogP contribution in [0.5, 0.6) is 0 Å². The molecule has 0 fully saturated rings. The largest absolute Gasteiger partial charge is 0.467 e. The Morgan fingerprint density at radius 3 is 2.54 bits per heavy atom. The van der Waals surface area contributed by atoms with Crippen molar-refractivity contribution in [3.8, 4) is 0 Å². The molecule has 0 saturated heterocycles. The van der Waals surface area contributed by atoms with Gasteiger partial charge in [0.05, 0.1) is 17.7 Å². The van der Waals surface area contributed by atoms with Crippen LogP contribution in [0.1, 0.15) is 30.2 Å². The number of benzene rings is 1. The number of rotatable bonds is 9. The van der Waals surface area contributed by atoms with Gasteiger partial charge in [-0.25, -0.2) is 13.1 Å². The Morgan fingerprint density at radius 1 is 1.14 bits per heavy atom. The molecule has 0 saturated carbocycles. The summed E-state index contributed by atoms with van der Waals surface area (Å²) >= 11 is 0. The quantitative estimate of drug-likeness (QED) is 0.581. The van der Waals surface area contributed by atoms with E-state index < -0.39 is 22.0 Å². The van der Waals surface area contributed by atoms with Crippen molar-refractivity contribution in [1.29, 1.82) is 0 Å². The van der Waals surface area contributed by atoms with Crippen molar-refractivity contribution < 1.29 is 22.4 Å². The van der Waals surface area contributed by atoms with E-state index in [1.54, 1.807) is 31.2 Å². The Balaban J connectivity index is 1.76. The van der Waals surface area contributed by atoms with E-state index in [-0.39, 0.29) is 30.3 Å². The summed E-state index contributed by atoms with van der Waals surface area (Å²) < 4.78 is 32.1. The number of carbonyl (C=O) groups excluding carboxylic acids is 2. The lowest BCUT2D eigenvalue weighted by Gasteiger charge is -2.14. The summed E-state index contributed by atoms with van der Waals surface area (Å²) in [5.41, 5.74) is 1.87. The Hall–Kier alpha value is -2.65. The molecule has 1 aromatic carbocycles. The average Bonchev–Trinajstić information content (AvgIpc) is 3.15. The third-order valence-corrected chi connectivity index (χ3v) is 5.68. The Bertz CT molecular complexity index is 923. The van der Waals surface area contributed by atoms with Crippen LogP contribution in [0.4, 0.5) is 0 Å². The molecule has 2 aromatic rings. The minimum absolute atomic E-state index is 0.0676. The van der Waals surface area contributed by atoms with Gasteiger partial charge in [-0.2, -0.15) is 0 Å². The van der Waals surface area contributed by atoms with Crippen LogP contribution in [0.2, 0.25) is 0 Å². The van der Waals surface area contributed by atoms with E-state index in [2.05, 4.69) is 15.4 Å². The fourth-order valence-electron chi connectivity index (χ4n) is 2.38. The maximum atomic E-state index is 12.3. The van der Waals surface area contributed by atoms with Crippen molar-refractivity contribution in [1.82, 2.24) is 15.4 Å².